The Morgan fingerprint density at radius 1 is 1.11 bits per heavy atom. The molecule has 1 saturated carbocycles. The molecule has 0 spiro atoms. The third-order valence-corrected chi connectivity index (χ3v) is 2.17. The molecule has 1 aliphatic carbocycles. The predicted octanol–water partition coefficient (Wildman–Crippen LogP) is 1.18. The molecule has 1 aliphatic heterocycles. The molecule has 1 heterocycles. The molecule has 2 aliphatic rings. The molecular formula is C7H13NO. The molecule has 2 nitrogen and oxygen atoms in total. The van der Waals surface area contributed by atoms with Crippen molar-refractivity contribution in [2.24, 2.45) is 0 Å². The van der Waals surface area contributed by atoms with Crippen LogP contribution in [-0.2, 0) is 4.84 Å². The minimum absolute atomic E-state index is 0.588. The van der Waals surface area contributed by atoms with Gasteiger partial charge in [0, 0.05) is 13.1 Å². The van der Waals surface area contributed by atoms with Gasteiger partial charge in [-0.25, -0.2) is 0 Å². The molecule has 9 heavy (non-hydrogen) atoms. The Bertz CT molecular complexity index is 85.1. The van der Waals surface area contributed by atoms with Crippen molar-refractivity contribution in [3.63, 3.8) is 0 Å². The lowest BCUT2D eigenvalue weighted by molar-refractivity contribution is -0.246. The molecule has 0 amide bonds. The number of hydrogen-bond donors (Lipinski definition) is 0. The van der Waals surface area contributed by atoms with Gasteiger partial charge < -0.3 is 0 Å². The maximum atomic E-state index is 5.56. The van der Waals surface area contributed by atoms with E-state index in [-0.39, 0.29) is 0 Å². The number of hydroxylamine groups is 2. The average molecular weight is 127 g/mol. The lowest BCUT2D eigenvalue weighted by Crippen LogP contribution is -2.41. The van der Waals surface area contributed by atoms with Crippen molar-refractivity contribution in [1.29, 1.82) is 0 Å². The van der Waals surface area contributed by atoms with Gasteiger partial charge in [0.05, 0.1) is 6.10 Å². The highest BCUT2D eigenvalue weighted by Crippen LogP contribution is 2.24. The van der Waals surface area contributed by atoms with Crippen LogP contribution in [0.2, 0.25) is 0 Å². The van der Waals surface area contributed by atoms with E-state index in [1.807, 2.05) is 0 Å². The number of rotatable bonds is 2. The summed E-state index contributed by atoms with van der Waals surface area (Å²) in [6.45, 7) is 2.33. The van der Waals surface area contributed by atoms with Crippen LogP contribution in [0.1, 0.15) is 25.7 Å². The van der Waals surface area contributed by atoms with E-state index in [0.717, 1.165) is 13.1 Å². The van der Waals surface area contributed by atoms with Gasteiger partial charge >= 0.3 is 0 Å². The fraction of sp³-hybridized carbons (Fsp3) is 1.00. The number of nitrogens with zero attached hydrogens (tertiary/aromatic N) is 1. The van der Waals surface area contributed by atoms with E-state index in [2.05, 4.69) is 5.06 Å². The van der Waals surface area contributed by atoms with Gasteiger partial charge in [-0.05, 0) is 25.7 Å². The molecule has 52 valence electrons. The maximum absolute atomic E-state index is 5.56. The Hall–Kier alpha value is -0.0800. The normalized spacial score (nSPS) is 29.3. The van der Waals surface area contributed by atoms with Crippen LogP contribution in [0, 0.1) is 0 Å². The van der Waals surface area contributed by atoms with E-state index in [4.69, 9.17) is 4.84 Å². The van der Waals surface area contributed by atoms with Crippen molar-refractivity contribution in [2.45, 2.75) is 31.8 Å². The summed E-state index contributed by atoms with van der Waals surface area (Å²) >= 11 is 0. The summed E-state index contributed by atoms with van der Waals surface area (Å²) < 4.78 is 0. The van der Waals surface area contributed by atoms with Crippen molar-refractivity contribution in [3.8, 4) is 0 Å². The van der Waals surface area contributed by atoms with Gasteiger partial charge in [0.15, 0.2) is 0 Å². The Morgan fingerprint density at radius 2 is 1.89 bits per heavy atom. The lowest BCUT2D eigenvalue weighted by atomic mass is 9.96. The smallest absolute Gasteiger partial charge is 0.0793 e. The fourth-order valence-corrected chi connectivity index (χ4v) is 1.08. The fourth-order valence-electron chi connectivity index (χ4n) is 1.08. The second-order valence-corrected chi connectivity index (χ2v) is 2.94. The summed E-state index contributed by atoms with van der Waals surface area (Å²) in [6.07, 6.45) is 5.86. The highest BCUT2D eigenvalue weighted by atomic mass is 16.7. The largest absolute Gasteiger partial charge is 0.296 e. The second-order valence-electron chi connectivity index (χ2n) is 2.94. The third kappa shape index (κ3) is 1.10. The molecular weight excluding hydrogens is 114 g/mol. The first-order valence-corrected chi connectivity index (χ1v) is 3.87. The first-order chi connectivity index (χ1) is 4.45. The predicted molar refractivity (Wildman–Crippen MR) is 34.9 cm³/mol. The zero-order chi connectivity index (χ0) is 6.10. The van der Waals surface area contributed by atoms with Crippen molar-refractivity contribution in [2.75, 3.05) is 13.1 Å². The lowest BCUT2D eigenvalue weighted by Gasteiger charge is -2.36. The molecule has 2 rings (SSSR count). The summed E-state index contributed by atoms with van der Waals surface area (Å²) in [5.41, 5.74) is 0. The quantitative estimate of drug-likeness (QED) is 0.552. The van der Waals surface area contributed by atoms with Crippen LogP contribution in [0.4, 0.5) is 0 Å². The topological polar surface area (TPSA) is 12.5 Å². The Morgan fingerprint density at radius 3 is 2.22 bits per heavy atom. The zero-order valence-electron chi connectivity index (χ0n) is 5.68. The van der Waals surface area contributed by atoms with Crippen molar-refractivity contribution in [3.05, 3.63) is 0 Å². The first-order valence-electron chi connectivity index (χ1n) is 3.87. The van der Waals surface area contributed by atoms with Crippen LogP contribution < -0.4 is 0 Å². The van der Waals surface area contributed by atoms with Crippen molar-refractivity contribution < 1.29 is 4.84 Å². The molecule has 0 radical (unpaired) electrons. The second kappa shape index (κ2) is 2.27. The van der Waals surface area contributed by atoms with Crippen LogP contribution in [0.5, 0.6) is 0 Å². The van der Waals surface area contributed by atoms with Gasteiger partial charge in [-0.2, -0.15) is 5.06 Å². The molecule has 0 bridgehead atoms. The summed E-state index contributed by atoms with van der Waals surface area (Å²) in [4.78, 5) is 5.56. The van der Waals surface area contributed by atoms with Gasteiger partial charge in [0.25, 0.3) is 0 Å². The van der Waals surface area contributed by atoms with E-state index >= 15 is 0 Å². The molecule has 2 fully saturated rings. The van der Waals surface area contributed by atoms with E-state index in [1.165, 1.54) is 25.7 Å². The SMILES string of the molecule is C1CC(ON2CCC2)C1. The maximum Gasteiger partial charge on any atom is 0.0793 e. The standard InChI is InChI=1S/C7H13NO/c1-3-7(4-1)9-8-5-2-6-8/h7H,1-6H2. The molecule has 0 aromatic carbocycles. The van der Waals surface area contributed by atoms with Gasteiger partial charge in [-0.3, -0.25) is 4.84 Å². The molecule has 0 aromatic heterocycles. The van der Waals surface area contributed by atoms with Crippen LogP contribution in [0.15, 0.2) is 0 Å². The molecule has 0 N–H and O–H groups in total. The minimum atomic E-state index is 0.588. The van der Waals surface area contributed by atoms with Crippen LogP contribution in [0.3, 0.4) is 0 Å². The van der Waals surface area contributed by atoms with E-state index < -0.39 is 0 Å². The summed E-state index contributed by atoms with van der Waals surface area (Å²) in [5, 5.41) is 2.09. The average Bonchev–Trinajstić information content (AvgIpc) is 1.57. The summed E-state index contributed by atoms with van der Waals surface area (Å²) in [5.74, 6) is 0. The van der Waals surface area contributed by atoms with E-state index in [1.54, 1.807) is 0 Å². The summed E-state index contributed by atoms with van der Waals surface area (Å²) in [6, 6.07) is 0. The van der Waals surface area contributed by atoms with Gasteiger partial charge in [0.2, 0.25) is 0 Å². The zero-order valence-corrected chi connectivity index (χ0v) is 5.68. The highest BCUT2D eigenvalue weighted by Gasteiger charge is 2.24. The Kier molecular flexibility index (Phi) is 1.44. The monoisotopic (exact) mass is 127 g/mol. The minimum Gasteiger partial charge on any atom is -0.296 e. The van der Waals surface area contributed by atoms with Crippen LogP contribution >= 0.6 is 0 Å². The van der Waals surface area contributed by atoms with Crippen molar-refractivity contribution >= 4 is 0 Å². The molecule has 2 heteroatoms. The van der Waals surface area contributed by atoms with Crippen LogP contribution in [0.25, 0.3) is 0 Å². The van der Waals surface area contributed by atoms with Gasteiger partial charge in [-0.1, -0.05) is 0 Å². The van der Waals surface area contributed by atoms with Gasteiger partial charge in [0.1, 0.15) is 0 Å². The Labute approximate surface area is 55.7 Å². The van der Waals surface area contributed by atoms with E-state index in [9.17, 15) is 0 Å². The van der Waals surface area contributed by atoms with E-state index in [0.29, 0.717) is 6.10 Å². The highest BCUT2D eigenvalue weighted by molar-refractivity contribution is 4.70. The Balaban J connectivity index is 1.64. The summed E-state index contributed by atoms with van der Waals surface area (Å²) in [7, 11) is 0. The molecule has 0 aromatic rings. The number of hydrogen-bond acceptors (Lipinski definition) is 2. The van der Waals surface area contributed by atoms with Crippen molar-refractivity contribution in [1.82, 2.24) is 5.06 Å². The molecule has 0 atom stereocenters. The third-order valence-electron chi connectivity index (χ3n) is 2.17. The first kappa shape index (κ1) is 5.69. The van der Waals surface area contributed by atoms with Gasteiger partial charge in [-0.15, -0.1) is 0 Å². The molecule has 0 unspecified atom stereocenters. The molecule has 1 saturated heterocycles. The van der Waals surface area contributed by atoms with Crippen LogP contribution in [-0.4, -0.2) is 24.3 Å².